The van der Waals surface area contributed by atoms with Gasteiger partial charge in [-0.3, -0.25) is 0 Å². The van der Waals surface area contributed by atoms with E-state index in [-0.39, 0.29) is 22.0 Å². The summed E-state index contributed by atoms with van der Waals surface area (Å²) in [5, 5.41) is 0.309. The van der Waals surface area contributed by atoms with Crippen LogP contribution in [0.15, 0.2) is 12.1 Å². The van der Waals surface area contributed by atoms with Crippen LogP contribution in [-0.2, 0) is 9.47 Å². The van der Waals surface area contributed by atoms with Gasteiger partial charge in [-0.25, -0.2) is 9.78 Å². The van der Waals surface area contributed by atoms with E-state index in [1.54, 1.807) is 6.92 Å². The first-order chi connectivity index (χ1) is 8.02. The maximum atomic E-state index is 11.7. The van der Waals surface area contributed by atoms with Crippen LogP contribution in [0.1, 0.15) is 24.2 Å². The Morgan fingerprint density at radius 1 is 1.41 bits per heavy atom. The van der Waals surface area contributed by atoms with Crippen molar-refractivity contribution < 1.29 is 14.3 Å². The van der Waals surface area contributed by atoms with Crippen LogP contribution in [0.3, 0.4) is 0 Å². The molecule has 0 aliphatic rings. The van der Waals surface area contributed by atoms with E-state index in [2.05, 4.69) is 4.98 Å². The summed E-state index contributed by atoms with van der Waals surface area (Å²) in [7, 11) is 0. The molecule has 1 atom stereocenters. The molecule has 1 aromatic rings. The molecule has 0 aromatic carbocycles. The number of carbonyl (C=O) groups is 1. The first kappa shape index (κ1) is 14.2. The Balaban J connectivity index is 2.63. The van der Waals surface area contributed by atoms with Crippen LogP contribution in [0, 0.1) is 0 Å². The van der Waals surface area contributed by atoms with E-state index in [0.29, 0.717) is 13.2 Å². The van der Waals surface area contributed by atoms with E-state index < -0.39 is 5.97 Å². The summed E-state index contributed by atoms with van der Waals surface area (Å²) < 4.78 is 10.3. The summed E-state index contributed by atoms with van der Waals surface area (Å²) in [4.78, 5) is 15.4. The lowest BCUT2D eigenvalue weighted by Crippen LogP contribution is -2.20. The fourth-order valence-corrected chi connectivity index (χ4v) is 1.61. The molecule has 0 spiro atoms. The summed E-state index contributed by atoms with van der Waals surface area (Å²) in [6, 6.07) is 2.81. The summed E-state index contributed by atoms with van der Waals surface area (Å²) in [5.74, 6) is -0.497. The van der Waals surface area contributed by atoms with Gasteiger partial charge < -0.3 is 9.47 Å². The fraction of sp³-hybridized carbons (Fsp3) is 0.455. The first-order valence-corrected chi connectivity index (χ1v) is 5.90. The molecular weight excluding hydrogens is 265 g/mol. The van der Waals surface area contributed by atoms with Crippen molar-refractivity contribution in [2.24, 2.45) is 0 Å². The Kier molecular flexibility index (Phi) is 5.68. The average molecular weight is 278 g/mol. The number of ether oxygens (including phenoxy) is 2. The van der Waals surface area contributed by atoms with Gasteiger partial charge in [-0.1, -0.05) is 23.2 Å². The van der Waals surface area contributed by atoms with Gasteiger partial charge in [0.25, 0.3) is 0 Å². The van der Waals surface area contributed by atoms with Crippen molar-refractivity contribution in [2.45, 2.75) is 20.0 Å². The van der Waals surface area contributed by atoms with Gasteiger partial charge in [0.05, 0.1) is 12.2 Å². The minimum Gasteiger partial charge on any atom is -0.457 e. The van der Waals surface area contributed by atoms with Crippen molar-refractivity contribution in [2.75, 3.05) is 13.2 Å². The molecule has 0 fully saturated rings. The lowest BCUT2D eigenvalue weighted by molar-refractivity contribution is 0.00438. The molecule has 0 aliphatic heterocycles. The van der Waals surface area contributed by atoms with E-state index in [9.17, 15) is 4.79 Å². The zero-order valence-electron chi connectivity index (χ0n) is 9.57. The molecule has 1 unspecified atom stereocenters. The zero-order valence-corrected chi connectivity index (χ0v) is 11.1. The van der Waals surface area contributed by atoms with Gasteiger partial charge in [0.15, 0.2) is 0 Å². The monoisotopic (exact) mass is 277 g/mol. The Labute approximate surface area is 110 Å². The number of aromatic nitrogens is 1. The third-order valence-electron chi connectivity index (χ3n) is 1.86. The van der Waals surface area contributed by atoms with Crippen LogP contribution in [0.5, 0.6) is 0 Å². The van der Waals surface area contributed by atoms with Crippen molar-refractivity contribution in [3.8, 4) is 0 Å². The molecule has 0 aliphatic carbocycles. The first-order valence-electron chi connectivity index (χ1n) is 5.14. The lowest BCUT2D eigenvalue weighted by atomic mass is 10.3. The molecule has 4 nitrogen and oxygen atoms in total. The molecule has 0 amide bonds. The summed E-state index contributed by atoms with van der Waals surface area (Å²) >= 11 is 11.4. The number of esters is 1. The largest absolute Gasteiger partial charge is 0.457 e. The SMILES string of the molecule is CCOCC(C)OC(=O)c1cc(Cl)nc(Cl)c1. The minimum absolute atomic E-state index is 0.155. The molecule has 0 bridgehead atoms. The lowest BCUT2D eigenvalue weighted by Gasteiger charge is -2.13. The minimum atomic E-state index is -0.497. The van der Waals surface area contributed by atoms with Crippen molar-refractivity contribution >= 4 is 29.2 Å². The van der Waals surface area contributed by atoms with Crippen molar-refractivity contribution in [3.63, 3.8) is 0 Å². The number of nitrogens with zero attached hydrogens (tertiary/aromatic N) is 1. The van der Waals surface area contributed by atoms with Crippen molar-refractivity contribution in [1.82, 2.24) is 4.98 Å². The predicted octanol–water partition coefficient (Wildman–Crippen LogP) is 2.97. The normalized spacial score (nSPS) is 12.2. The van der Waals surface area contributed by atoms with Gasteiger partial charge in [0, 0.05) is 6.61 Å². The molecule has 0 saturated carbocycles. The highest BCUT2D eigenvalue weighted by molar-refractivity contribution is 6.32. The maximum absolute atomic E-state index is 11.7. The van der Waals surface area contributed by atoms with Crippen LogP contribution >= 0.6 is 23.2 Å². The summed E-state index contributed by atoms with van der Waals surface area (Å²) in [6.45, 7) is 4.55. The number of hydrogen-bond donors (Lipinski definition) is 0. The number of halogens is 2. The van der Waals surface area contributed by atoms with Crippen LogP contribution in [-0.4, -0.2) is 30.3 Å². The highest BCUT2D eigenvalue weighted by atomic mass is 35.5. The average Bonchev–Trinajstić information content (AvgIpc) is 2.25. The highest BCUT2D eigenvalue weighted by Gasteiger charge is 2.13. The standard InChI is InChI=1S/C11H13Cl2NO3/c1-3-16-6-7(2)17-11(15)8-4-9(12)14-10(13)5-8/h4-5,7H,3,6H2,1-2H3. The van der Waals surface area contributed by atoms with E-state index in [1.807, 2.05) is 6.92 Å². The van der Waals surface area contributed by atoms with Gasteiger partial charge in [-0.05, 0) is 26.0 Å². The Morgan fingerprint density at radius 2 is 2.00 bits per heavy atom. The quantitative estimate of drug-likeness (QED) is 0.613. The Morgan fingerprint density at radius 3 is 2.53 bits per heavy atom. The molecule has 0 saturated heterocycles. The third-order valence-corrected chi connectivity index (χ3v) is 2.25. The van der Waals surface area contributed by atoms with E-state index in [0.717, 1.165) is 0 Å². The summed E-state index contributed by atoms with van der Waals surface area (Å²) in [5.41, 5.74) is 0.276. The van der Waals surface area contributed by atoms with E-state index >= 15 is 0 Å². The van der Waals surface area contributed by atoms with Gasteiger partial charge in [-0.15, -0.1) is 0 Å². The molecule has 1 rings (SSSR count). The maximum Gasteiger partial charge on any atom is 0.338 e. The van der Waals surface area contributed by atoms with Crippen LogP contribution in [0.25, 0.3) is 0 Å². The zero-order chi connectivity index (χ0) is 12.8. The third kappa shape index (κ3) is 4.89. The second-order valence-corrected chi connectivity index (χ2v) is 4.15. The van der Waals surface area contributed by atoms with Crippen molar-refractivity contribution in [3.05, 3.63) is 28.0 Å². The van der Waals surface area contributed by atoms with E-state index in [1.165, 1.54) is 12.1 Å². The highest BCUT2D eigenvalue weighted by Crippen LogP contribution is 2.16. The van der Waals surface area contributed by atoms with E-state index in [4.69, 9.17) is 32.7 Å². The molecule has 0 N–H and O–H groups in total. The fourth-order valence-electron chi connectivity index (χ4n) is 1.15. The number of rotatable bonds is 5. The second-order valence-electron chi connectivity index (χ2n) is 3.38. The van der Waals surface area contributed by atoms with Gasteiger partial charge >= 0.3 is 5.97 Å². The molecule has 1 heterocycles. The smallest absolute Gasteiger partial charge is 0.338 e. The summed E-state index contributed by atoms with van der Waals surface area (Å²) in [6.07, 6.45) is -0.326. The van der Waals surface area contributed by atoms with Gasteiger partial charge in [0.1, 0.15) is 16.4 Å². The Hall–Kier alpha value is -0.840. The second kappa shape index (κ2) is 6.79. The molecule has 17 heavy (non-hydrogen) atoms. The van der Waals surface area contributed by atoms with Gasteiger partial charge in [0.2, 0.25) is 0 Å². The molecule has 0 radical (unpaired) electrons. The topological polar surface area (TPSA) is 48.4 Å². The number of carbonyl (C=O) groups excluding carboxylic acids is 1. The molecular formula is C11H13Cl2NO3. The predicted molar refractivity (Wildman–Crippen MR) is 65.6 cm³/mol. The van der Waals surface area contributed by atoms with Crippen molar-refractivity contribution in [1.29, 1.82) is 0 Å². The van der Waals surface area contributed by atoms with Crippen LogP contribution < -0.4 is 0 Å². The van der Waals surface area contributed by atoms with Crippen LogP contribution in [0.2, 0.25) is 10.3 Å². The number of pyridine rings is 1. The molecule has 6 heteroatoms. The Bertz CT molecular complexity index is 378. The molecule has 1 aromatic heterocycles. The van der Waals surface area contributed by atoms with Crippen LogP contribution in [0.4, 0.5) is 0 Å². The number of hydrogen-bond acceptors (Lipinski definition) is 4. The van der Waals surface area contributed by atoms with Gasteiger partial charge in [-0.2, -0.15) is 0 Å². The molecule has 94 valence electrons.